The van der Waals surface area contributed by atoms with Crippen molar-refractivity contribution in [3.8, 4) is 0 Å². The van der Waals surface area contributed by atoms with E-state index < -0.39 is 0 Å². The Morgan fingerprint density at radius 1 is 1.62 bits per heavy atom. The molecule has 4 nitrogen and oxygen atoms in total. The molecule has 1 fully saturated rings. The number of amides is 1. The Labute approximate surface area is 102 Å². The van der Waals surface area contributed by atoms with Crippen LogP contribution in [0.15, 0.2) is 4.99 Å². The third kappa shape index (κ3) is 4.43. The minimum Gasteiger partial charge on any atom is -0.362 e. The average Bonchev–Trinajstić information content (AvgIpc) is 2.24. The van der Waals surface area contributed by atoms with Crippen LogP contribution < -0.4 is 10.6 Å². The zero-order chi connectivity index (χ0) is 12.0. The maximum absolute atomic E-state index is 11.2. The second kappa shape index (κ2) is 6.78. The minimum atomic E-state index is 0.0778. The van der Waals surface area contributed by atoms with E-state index >= 15 is 0 Å². The Balaban J connectivity index is 2.27. The molecule has 1 saturated heterocycles. The van der Waals surface area contributed by atoms with Crippen LogP contribution in [0.25, 0.3) is 0 Å². The lowest BCUT2D eigenvalue weighted by molar-refractivity contribution is -0.120. The number of hydrogen-bond donors (Lipinski definition) is 2. The van der Waals surface area contributed by atoms with Crippen molar-refractivity contribution in [2.75, 3.05) is 18.8 Å². The standard InChI is InChI=1S/C11H21N3OS/c1-4-12-10(15)5-6-13-11-14-9(3)8(2)7-16-11/h8-9H,4-7H2,1-3H3,(H,12,15)(H,13,14). The van der Waals surface area contributed by atoms with E-state index in [-0.39, 0.29) is 5.91 Å². The van der Waals surface area contributed by atoms with Crippen LogP contribution in [0, 0.1) is 5.92 Å². The number of carbonyl (C=O) groups is 1. The summed E-state index contributed by atoms with van der Waals surface area (Å²) in [6.07, 6.45) is 0.476. The second-order valence-electron chi connectivity index (χ2n) is 4.11. The summed E-state index contributed by atoms with van der Waals surface area (Å²) in [6, 6.07) is 0.476. The maximum atomic E-state index is 11.2. The Bertz CT molecular complexity index is 268. The zero-order valence-electron chi connectivity index (χ0n) is 10.2. The lowest BCUT2D eigenvalue weighted by Gasteiger charge is -2.28. The highest BCUT2D eigenvalue weighted by molar-refractivity contribution is 8.13. The van der Waals surface area contributed by atoms with E-state index in [9.17, 15) is 4.79 Å². The molecule has 0 radical (unpaired) electrons. The molecule has 0 bridgehead atoms. The van der Waals surface area contributed by atoms with Crippen LogP contribution in [0.1, 0.15) is 27.2 Å². The van der Waals surface area contributed by atoms with E-state index in [1.165, 1.54) is 0 Å². The number of rotatable bonds is 4. The molecule has 0 saturated carbocycles. The van der Waals surface area contributed by atoms with Crippen molar-refractivity contribution >= 4 is 22.8 Å². The fourth-order valence-corrected chi connectivity index (χ4v) is 2.53. The van der Waals surface area contributed by atoms with Crippen molar-refractivity contribution in [3.05, 3.63) is 0 Å². The van der Waals surface area contributed by atoms with Crippen molar-refractivity contribution in [2.24, 2.45) is 10.9 Å². The van der Waals surface area contributed by atoms with Crippen molar-refractivity contribution in [2.45, 2.75) is 33.2 Å². The van der Waals surface area contributed by atoms with Crippen LogP contribution in [0.2, 0.25) is 0 Å². The number of nitrogens with one attached hydrogen (secondary N) is 2. The molecule has 0 aromatic carbocycles. The number of amidine groups is 1. The predicted molar refractivity (Wildman–Crippen MR) is 69.8 cm³/mol. The normalized spacial score (nSPS) is 27.6. The van der Waals surface area contributed by atoms with Crippen LogP contribution in [-0.4, -0.2) is 36.0 Å². The molecule has 16 heavy (non-hydrogen) atoms. The topological polar surface area (TPSA) is 53.5 Å². The van der Waals surface area contributed by atoms with Gasteiger partial charge in [0.2, 0.25) is 5.91 Å². The fraction of sp³-hybridized carbons (Fsp3) is 0.818. The van der Waals surface area contributed by atoms with Gasteiger partial charge in [0.15, 0.2) is 5.17 Å². The molecular formula is C11H21N3OS. The third-order valence-corrected chi connectivity index (χ3v) is 3.87. The molecule has 0 aromatic heterocycles. The maximum Gasteiger partial charge on any atom is 0.221 e. The van der Waals surface area contributed by atoms with Crippen LogP contribution in [0.3, 0.4) is 0 Å². The van der Waals surface area contributed by atoms with Crippen LogP contribution >= 0.6 is 11.8 Å². The van der Waals surface area contributed by atoms with Crippen molar-refractivity contribution in [1.82, 2.24) is 10.6 Å². The van der Waals surface area contributed by atoms with Crippen molar-refractivity contribution < 1.29 is 4.79 Å². The van der Waals surface area contributed by atoms with Gasteiger partial charge in [-0.3, -0.25) is 9.79 Å². The van der Waals surface area contributed by atoms with E-state index in [4.69, 9.17) is 0 Å². The SMILES string of the molecule is CCNC(=O)CCN=C1NC(C)C(C)CS1. The van der Waals surface area contributed by atoms with Crippen LogP contribution in [-0.2, 0) is 4.79 Å². The van der Waals surface area contributed by atoms with Crippen LogP contribution in [0.4, 0.5) is 0 Å². The summed E-state index contributed by atoms with van der Waals surface area (Å²) >= 11 is 1.75. The zero-order valence-corrected chi connectivity index (χ0v) is 11.1. The molecule has 0 aromatic rings. The molecule has 1 rings (SSSR count). The number of aliphatic imine (C=N–C) groups is 1. The van der Waals surface area contributed by atoms with Gasteiger partial charge >= 0.3 is 0 Å². The number of carbonyl (C=O) groups excluding carboxylic acids is 1. The van der Waals surface area contributed by atoms with E-state index in [1.807, 2.05) is 6.92 Å². The summed E-state index contributed by atoms with van der Waals surface area (Å²) in [5.74, 6) is 1.86. The molecule has 1 heterocycles. The molecule has 2 atom stereocenters. The quantitative estimate of drug-likeness (QED) is 0.781. The Morgan fingerprint density at radius 2 is 2.38 bits per heavy atom. The van der Waals surface area contributed by atoms with Gasteiger partial charge in [-0.1, -0.05) is 18.7 Å². The van der Waals surface area contributed by atoms with Crippen molar-refractivity contribution in [3.63, 3.8) is 0 Å². The third-order valence-electron chi connectivity index (χ3n) is 2.66. The Morgan fingerprint density at radius 3 is 3.00 bits per heavy atom. The molecule has 92 valence electrons. The lowest BCUT2D eigenvalue weighted by Crippen LogP contribution is -2.41. The first-order valence-corrected chi connectivity index (χ1v) is 6.82. The smallest absolute Gasteiger partial charge is 0.221 e. The highest BCUT2D eigenvalue weighted by atomic mass is 32.2. The van der Waals surface area contributed by atoms with Gasteiger partial charge in [0.1, 0.15) is 0 Å². The molecule has 0 spiro atoms. The summed E-state index contributed by atoms with van der Waals surface area (Å²) < 4.78 is 0. The highest BCUT2D eigenvalue weighted by Crippen LogP contribution is 2.19. The van der Waals surface area contributed by atoms with Crippen molar-refractivity contribution in [1.29, 1.82) is 0 Å². The molecule has 2 N–H and O–H groups in total. The first kappa shape index (κ1) is 13.4. The highest BCUT2D eigenvalue weighted by Gasteiger charge is 2.20. The lowest BCUT2D eigenvalue weighted by atomic mass is 10.1. The Kier molecular flexibility index (Phi) is 5.66. The average molecular weight is 243 g/mol. The predicted octanol–water partition coefficient (Wildman–Crippen LogP) is 1.23. The number of nitrogens with zero attached hydrogens (tertiary/aromatic N) is 1. The molecule has 0 aliphatic carbocycles. The fourth-order valence-electron chi connectivity index (χ4n) is 1.37. The van der Waals surface area contributed by atoms with Gasteiger partial charge in [0.05, 0.1) is 6.54 Å². The summed E-state index contributed by atoms with van der Waals surface area (Å²) in [5.41, 5.74) is 0. The second-order valence-corrected chi connectivity index (χ2v) is 5.12. The molecule has 5 heteroatoms. The molecule has 1 aliphatic rings. The minimum absolute atomic E-state index is 0.0778. The van der Waals surface area contributed by atoms with E-state index in [2.05, 4.69) is 29.5 Å². The Hall–Kier alpha value is -0.710. The first-order valence-electron chi connectivity index (χ1n) is 5.84. The monoisotopic (exact) mass is 243 g/mol. The molecule has 2 unspecified atom stereocenters. The molecular weight excluding hydrogens is 222 g/mol. The van der Waals surface area contributed by atoms with E-state index in [0.29, 0.717) is 31.5 Å². The molecule has 1 amide bonds. The summed E-state index contributed by atoms with van der Waals surface area (Å²) in [6.45, 7) is 7.59. The summed E-state index contributed by atoms with van der Waals surface area (Å²) in [4.78, 5) is 15.6. The van der Waals surface area contributed by atoms with Gasteiger partial charge in [0, 0.05) is 24.8 Å². The van der Waals surface area contributed by atoms with Crippen LogP contribution in [0.5, 0.6) is 0 Å². The van der Waals surface area contributed by atoms with Gasteiger partial charge in [0.25, 0.3) is 0 Å². The first-order chi connectivity index (χ1) is 7.63. The van der Waals surface area contributed by atoms with Gasteiger partial charge < -0.3 is 10.6 Å². The summed E-state index contributed by atoms with van der Waals surface area (Å²) in [7, 11) is 0. The van der Waals surface area contributed by atoms with E-state index in [0.717, 1.165) is 10.9 Å². The number of hydrogen-bond acceptors (Lipinski definition) is 3. The van der Waals surface area contributed by atoms with E-state index in [1.54, 1.807) is 11.8 Å². The largest absolute Gasteiger partial charge is 0.362 e. The van der Waals surface area contributed by atoms with Gasteiger partial charge in [-0.05, 0) is 19.8 Å². The van der Waals surface area contributed by atoms with Gasteiger partial charge in [-0.25, -0.2) is 0 Å². The van der Waals surface area contributed by atoms with Gasteiger partial charge in [-0.15, -0.1) is 0 Å². The van der Waals surface area contributed by atoms with Gasteiger partial charge in [-0.2, -0.15) is 0 Å². The number of thioether (sulfide) groups is 1. The molecule has 1 aliphatic heterocycles. The summed E-state index contributed by atoms with van der Waals surface area (Å²) in [5, 5.41) is 7.10.